The first-order valence-electron chi connectivity index (χ1n) is 8.13. The van der Waals surface area contributed by atoms with Crippen LogP contribution >= 0.6 is 0 Å². The van der Waals surface area contributed by atoms with Crippen LogP contribution in [-0.2, 0) is 11.4 Å². The molecule has 2 aromatic carbocycles. The number of piperazine rings is 1. The molecule has 1 aliphatic heterocycles. The molecule has 1 fully saturated rings. The number of nitrogens with zero attached hydrogens (tertiary/aromatic N) is 3. The van der Waals surface area contributed by atoms with Crippen LogP contribution < -0.4 is 4.90 Å². The number of anilines is 1. The van der Waals surface area contributed by atoms with E-state index in [1.165, 1.54) is 0 Å². The van der Waals surface area contributed by atoms with Gasteiger partial charge in [0.25, 0.3) is 0 Å². The Kier molecular flexibility index (Phi) is 4.38. The molecule has 1 saturated heterocycles. The van der Waals surface area contributed by atoms with Crippen LogP contribution in [-0.4, -0.2) is 40.0 Å². The van der Waals surface area contributed by atoms with Gasteiger partial charge in [-0.2, -0.15) is 0 Å². The standard InChI is InChI=1S/C19H19N3OS/c23-24(18-9-5-7-16-6-1-2-8-17(16)18)22-14-12-21(13-15-22)19-10-3-4-11-20-19/h1-11H,12-15H2. The molecule has 3 aromatic rings. The second kappa shape index (κ2) is 6.81. The Bertz CT molecular complexity index is 814. The third-order valence-corrected chi connectivity index (χ3v) is 5.95. The van der Waals surface area contributed by atoms with Gasteiger partial charge in [0, 0.05) is 24.7 Å². The van der Waals surface area contributed by atoms with Crippen molar-refractivity contribution in [3.8, 4) is 0 Å². The van der Waals surface area contributed by atoms with Crippen molar-refractivity contribution in [3.05, 3.63) is 66.9 Å². The zero-order valence-electron chi connectivity index (χ0n) is 13.3. The van der Waals surface area contributed by atoms with Gasteiger partial charge >= 0.3 is 0 Å². The highest BCUT2D eigenvalue weighted by molar-refractivity contribution is 7.89. The van der Waals surface area contributed by atoms with E-state index in [0.717, 1.165) is 47.7 Å². The van der Waals surface area contributed by atoms with E-state index in [9.17, 15) is 4.55 Å². The first kappa shape index (κ1) is 15.4. The number of fused-ring (bicyclic) bond motifs is 1. The molecule has 4 nitrogen and oxygen atoms in total. The molecule has 0 bridgehead atoms. The number of aromatic nitrogens is 1. The van der Waals surface area contributed by atoms with Crippen LogP contribution in [0.4, 0.5) is 5.82 Å². The van der Waals surface area contributed by atoms with E-state index in [2.05, 4.69) is 26.3 Å². The summed E-state index contributed by atoms with van der Waals surface area (Å²) in [4.78, 5) is 7.55. The number of rotatable bonds is 3. The normalized spacial score (nSPS) is 17.1. The van der Waals surface area contributed by atoms with Gasteiger partial charge in [-0.25, -0.2) is 4.98 Å². The minimum atomic E-state index is -1.13. The average Bonchev–Trinajstić information content (AvgIpc) is 2.68. The molecule has 2 heterocycles. The van der Waals surface area contributed by atoms with Crippen molar-refractivity contribution in [1.29, 1.82) is 0 Å². The molecule has 0 radical (unpaired) electrons. The molecule has 1 atom stereocenters. The Labute approximate surface area is 145 Å². The Morgan fingerprint density at radius 2 is 1.58 bits per heavy atom. The molecule has 0 amide bonds. The third-order valence-electron chi connectivity index (χ3n) is 4.38. The molecule has 5 heteroatoms. The molecular weight excluding hydrogens is 318 g/mol. The Hall–Kier alpha value is -2.08. The molecule has 0 N–H and O–H groups in total. The molecule has 24 heavy (non-hydrogen) atoms. The van der Waals surface area contributed by atoms with Crippen LogP contribution in [0.5, 0.6) is 0 Å². The third kappa shape index (κ3) is 2.98. The zero-order valence-corrected chi connectivity index (χ0v) is 14.2. The largest absolute Gasteiger partial charge is 0.593 e. The van der Waals surface area contributed by atoms with Gasteiger partial charge in [-0.1, -0.05) is 36.4 Å². The van der Waals surface area contributed by atoms with Crippen molar-refractivity contribution < 1.29 is 4.55 Å². The second-order valence-electron chi connectivity index (χ2n) is 5.83. The summed E-state index contributed by atoms with van der Waals surface area (Å²) in [5.41, 5.74) is 0. The quantitative estimate of drug-likeness (QED) is 0.689. The summed E-state index contributed by atoms with van der Waals surface area (Å²) in [5, 5.41) is 2.21. The topological polar surface area (TPSA) is 42.4 Å². The lowest BCUT2D eigenvalue weighted by Gasteiger charge is -2.34. The summed E-state index contributed by atoms with van der Waals surface area (Å²) in [6, 6.07) is 20.1. The van der Waals surface area contributed by atoms with Crippen LogP contribution in [0.15, 0.2) is 71.8 Å². The van der Waals surface area contributed by atoms with Gasteiger partial charge in [-0.15, -0.1) is 4.31 Å². The van der Waals surface area contributed by atoms with E-state index in [1.807, 2.05) is 54.7 Å². The molecule has 4 rings (SSSR count). The van der Waals surface area contributed by atoms with E-state index in [0.29, 0.717) is 0 Å². The van der Waals surface area contributed by atoms with Crippen LogP contribution in [0.3, 0.4) is 0 Å². The van der Waals surface area contributed by atoms with Crippen LogP contribution in [0.1, 0.15) is 0 Å². The van der Waals surface area contributed by atoms with Gasteiger partial charge < -0.3 is 9.45 Å². The van der Waals surface area contributed by atoms with Gasteiger partial charge in [-0.05, 0) is 29.7 Å². The first-order chi connectivity index (χ1) is 11.8. The number of pyridine rings is 1. The highest BCUT2D eigenvalue weighted by Gasteiger charge is 2.29. The predicted molar refractivity (Wildman–Crippen MR) is 98.4 cm³/mol. The lowest BCUT2D eigenvalue weighted by Crippen LogP contribution is -2.48. The smallest absolute Gasteiger partial charge is 0.181 e. The van der Waals surface area contributed by atoms with Crippen molar-refractivity contribution in [2.24, 2.45) is 0 Å². The number of hydrogen-bond acceptors (Lipinski definition) is 4. The lowest BCUT2D eigenvalue weighted by molar-refractivity contribution is 0.384. The van der Waals surface area contributed by atoms with Crippen LogP contribution in [0.2, 0.25) is 0 Å². The molecular formula is C19H19N3OS. The lowest BCUT2D eigenvalue weighted by atomic mass is 10.1. The molecule has 0 aliphatic carbocycles. The minimum absolute atomic E-state index is 0.770. The van der Waals surface area contributed by atoms with E-state index in [-0.39, 0.29) is 0 Å². The van der Waals surface area contributed by atoms with E-state index >= 15 is 0 Å². The summed E-state index contributed by atoms with van der Waals surface area (Å²) in [5.74, 6) is 0.994. The van der Waals surface area contributed by atoms with Crippen LogP contribution in [0.25, 0.3) is 10.8 Å². The Morgan fingerprint density at radius 1 is 0.833 bits per heavy atom. The van der Waals surface area contributed by atoms with Crippen LogP contribution in [0, 0.1) is 0 Å². The highest BCUT2D eigenvalue weighted by atomic mass is 32.2. The van der Waals surface area contributed by atoms with Gasteiger partial charge in [0.1, 0.15) is 5.82 Å². The molecule has 0 saturated carbocycles. The maximum Gasteiger partial charge on any atom is 0.181 e. The van der Waals surface area contributed by atoms with Crippen molar-refractivity contribution >= 4 is 28.0 Å². The predicted octanol–water partition coefficient (Wildman–Crippen LogP) is 3.08. The maximum atomic E-state index is 13.1. The van der Waals surface area contributed by atoms with E-state index in [1.54, 1.807) is 0 Å². The number of hydrogen-bond donors (Lipinski definition) is 0. The molecule has 1 aromatic heterocycles. The first-order valence-corrected chi connectivity index (χ1v) is 9.24. The Balaban J connectivity index is 1.51. The van der Waals surface area contributed by atoms with Crippen molar-refractivity contribution in [2.45, 2.75) is 4.90 Å². The zero-order chi connectivity index (χ0) is 16.4. The summed E-state index contributed by atoms with van der Waals surface area (Å²) >= 11 is -1.13. The fraction of sp³-hybridized carbons (Fsp3) is 0.211. The summed E-state index contributed by atoms with van der Waals surface area (Å²) in [6.07, 6.45) is 1.82. The molecule has 1 unspecified atom stereocenters. The fourth-order valence-electron chi connectivity index (χ4n) is 3.11. The highest BCUT2D eigenvalue weighted by Crippen LogP contribution is 2.26. The molecule has 0 spiro atoms. The SMILES string of the molecule is [O-][S+](c1cccc2ccccc12)N1CCN(c2ccccn2)CC1. The molecule has 1 aliphatic rings. The Morgan fingerprint density at radius 3 is 2.38 bits per heavy atom. The van der Waals surface area contributed by atoms with Gasteiger partial charge in [0.05, 0.1) is 24.5 Å². The monoisotopic (exact) mass is 337 g/mol. The van der Waals surface area contributed by atoms with E-state index in [4.69, 9.17) is 0 Å². The van der Waals surface area contributed by atoms with Gasteiger partial charge in [-0.3, -0.25) is 0 Å². The summed E-state index contributed by atoms with van der Waals surface area (Å²) < 4.78 is 15.1. The average molecular weight is 337 g/mol. The maximum absolute atomic E-state index is 13.1. The van der Waals surface area contributed by atoms with Gasteiger partial charge in [0.2, 0.25) is 0 Å². The minimum Gasteiger partial charge on any atom is -0.593 e. The van der Waals surface area contributed by atoms with E-state index < -0.39 is 11.4 Å². The number of benzene rings is 2. The van der Waals surface area contributed by atoms with Crippen molar-refractivity contribution in [1.82, 2.24) is 9.29 Å². The van der Waals surface area contributed by atoms with Gasteiger partial charge in [0.15, 0.2) is 4.90 Å². The van der Waals surface area contributed by atoms with Crippen molar-refractivity contribution in [2.75, 3.05) is 31.1 Å². The summed E-state index contributed by atoms with van der Waals surface area (Å²) in [6.45, 7) is 3.22. The summed E-state index contributed by atoms with van der Waals surface area (Å²) in [7, 11) is 0. The van der Waals surface area contributed by atoms with Crippen molar-refractivity contribution in [3.63, 3.8) is 0 Å². The second-order valence-corrected chi connectivity index (χ2v) is 7.28. The molecule has 122 valence electrons. The fourth-order valence-corrected chi connectivity index (χ4v) is 4.45.